The van der Waals surface area contributed by atoms with E-state index in [1.54, 1.807) is 30.3 Å². The SMILES string of the molecule is CN1CCC(COc2ccc(-c3cc(Nc4ccc(NS(=O)(=O)c5c(F)cccc5F)cc4)ncn3)cc2F)CC1.O=CO. The molecule has 1 fully saturated rings. The van der Waals surface area contributed by atoms with Crippen LogP contribution in [0.1, 0.15) is 12.8 Å². The Bertz CT molecular complexity index is 1660. The fourth-order valence-electron chi connectivity index (χ4n) is 4.51. The van der Waals surface area contributed by atoms with Gasteiger partial charge in [0.05, 0.1) is 12.3 Å². The number of nitrogens with one attached hydrogen (secondary N) is 2. The van der Waals surface area contributed by atoms with Crippen molar-refractivity contribution in [1.82, 2.24) is 14.9 Å². The molecule has 0 amide bonds. The summed E-state index contributed by atoms with van der Waals surface area (Å²) in [7, 11) is -2.39. The van der Waals surface area contributed by atoms with Gasteiger partial charge in [0.25, 0.3) is 16.5 Å². The van der Waals surface area contributed by atoms with E-state index in [1.165, 1.54) is 24.5 Å². The maximum Gasteiger partial charge on any atom is 0.290 e. The highest BCUT2D eigenvalue weighted by Crippen LogP contribution is 2.28. The molecular weight excluding hydrogens is 599 g/mol. The molecule has 0 radical (unpaired) electrons. The summed E-state index contributed by atoms with van der Waals surface area (Å²) >= 11 is 0. The van der Waals surface area contributed by atoms with Crippen LogP contribution in [0, 0.1) is 23.4 Å². The maximum absolute atomic E-state index is 14.8. The molecule has 232 valence electrons. The lowest BCUT2D eigenvalue weighted by molar-refractivity contribution is -0.122. The van der Waals surface area contributed by atoms with Crippen LogP contribution < -0.4 is 14.8 Å². The zero-order valence-electron chi connectivity index (χ0n) is 23.6. The van der Waals surface area contributed by atoms with Crippen molar-refractivity contribution in [2.24, 2.45) is 5.92 Å². The minimum Gasteiger partial charge on any atom is -0.490 e. The van der Waals surface area contributed by atoms with Crippen LogP contribution in [-0.2, 0) is 14.8 Å². The molecule has 0 saturated carbocycles. The fourth-order valence-corrected chi connectivity index (χ4v) is 5.71. The van der Waals surface area contributed by atoms with Gasteiger partial charge in [0.15, 0.2) is 16.5 Å². The lowest BCUT2D eigenvalue weighted by Gasteiger charge is -2.28. The second-order valence-corrected chi connectivity index (χ2v) is 11.6. The Labute approximate surface area is 252 Å². The summed E-state index contributed by atoms with van der Waals surface area (Å²) < 4.78 is 75.7. The van der Waals surface area contributed by atoms with Crippen molar-refractivity contribution in [3.63, 3.8) is 0 Å². The van der Waals surface area contributed by atoms with E-state index in [0.717, 1.165) is 44.1 Å². The summed E-state index contributed by atoms with van der Waals surface area (Å²) in [5.74, 6) is -1.83. The van der Waals surface area contributed by atoms with E-state index in [1.807, 2.05) is 0 Å². The van der Waals surface area contributed by atoms with Crippen LogP contribution in [0.4, 0.5) is 30.4 Å². The summed E-state index contributed by atoms with van der Waals surface area (Å²) in [5, 5.41) is 9.96. The Balaban J connectivity index is 0.00000141. The van der Waals surface area contributed by atoms with Crippen molar-refractivity contribution >= 4 is 33.7 Å². The van der Waals surface area contributed by atoms with Gasteiger partial charge in [0, 0.05) is 23.0 Å². The molecule has 0 atom stereocenters. The van der Waals surface area contributed by atoms with E-state index in [-0.39, 0.29) is 17.9 Å². The molecule has 10 nitrogen and oxygen atoms in total. The van der Waals surface area contributed by atoms with Gasteiger partial charge in [-0.15, -0.1) is 0 Å². The highest BCUT2D eigenvalue weighted by Gasteiger charge is 2.24. The Morgan fingerprint density at radius 3 is 2.23 bits per heavy atom. The number of piperidine rings is 1. The molecule has 0 bridgehead atoms. The van der Waals surface area contributed by atoms with Crippen molar-refractivity contribution < 1.29 is 36.2 Å². The van der Waals surface area contributed by atoms with Crippen LogP contribution >= 0.6 is 0 Å². The van der Waals surface area contributed by atoms with Gasteiger partial charge in [-0.2, -0.15) is 0 Å². The second kappa shape index (κ2) is 14.7. The molecule has 0 aliphatic carbocycles. The first-order valence-corrected chi connectivity index (χ1v) is 14.9. The molecular formula is C30H30F3N5O5S. The molecule has 1 saturated heterocycles. The smallest absolute Gasteiger partial charge is 0.290 e. The van der Waals surface area contributed by atoms with Crippen LogP contribution in [0.2, 0.25) is 0 Å². The van der Waals surface area contributed by atoms with E-state index >= 15 is 0 Å². The highest BCUT2D eigenvalue weighted by atomic mass is 32.2. The van der Waals surface area contributed by atoms with Crippen molar-refractivity contribution in [3.8, 4) is 17.0 Å². The maximum atomic E-state index is 14.8. The average molecular weight is 630 g/mol. The Morgan fingerprint density at radius 1 is 0.955 bits per heavy atom. The topological polar surface area (TPSA) is 134 Å². The van der Waals surface area contributed by atoms with Gasteiger partial charge >= 0.3 is 0 Å². The molecule has 5 rings (SSSR count). The Morgan fingerprint density at radius 2 is 1.59 bits per heavy atom. The van der Waals surface area contributed by atoms with Crippen molar-refractivity contribution in [3.05, 3.63) is 90.5 Å². The highest BCUT2D eigenvalue weighted by molar-refractivity contribution is 7.92. The summed E-state index contributed by atoms with van der Waals surface area (Å²) in [4.78, 5) is 18.0. The molecule has 44 heavy (non-hydrogen) atoms. The second-order valence-electron chi connectivity index (χ2n) is 9.96. The third-order valence-corrected chi connectivity index (χ3v) is 8.24. The number of halogens is 3. The van der Waals surface area contributed by atoms with Gasteiger partial charge in [-0.1, -0.05) is 6.07 Å². The van der Waals surface area contributed by atoms with E-state index < -0.39 is 32.4 Å². The largest absolute Gasteiger partial charge is 0.490 e. The van der Waals surface area contributed by atoms with Gasteiger partial charge in [-0.3, -0.25) is 9.52 Å². The van der Waals surface area contributed by atoms with Crippen LogP contribution in [0.5, 0.6) is 5.75 Å². The number of hydrogen-bond donors (Lipinski definition) is 3. The third-order valence-electron chi connectivity index (χ3n) is 6.80. The molecule has 0 unspecified atom stereocenters. The van der Waals surface area contributed by atoms with Crippen molar-refractivity contribution in [1.29, 1.82) is 0 Å². The number of rotatable bonds is 9. The van der Waals surface area contributed by atoms with E-state index in [0.29, 0.717) is 35.3 Å². The Hall–Kier alpha value is -4.69. The monoisotopic (exact) mass is 629 g/mol. The molecule has 3 aromatic carbocycles. The lowest BCUT2D eigenvalue weighted by atomic mass is 9.98. The number of benzene rings is 3. The Kier molecular flexibility index (Phi) is 10.7. The minimum absolute atomic E-state index is 0.107. The quantitative estimate of drug-likeness (QED) is 0.205. The number of carboxylic acid groups (broad SMARTS) is 1. The van der Waals surface area contributed by atoms with Crippen LogP contribution in [0.15, 0.2) is 78.0 Å². The zero-order valence-corrected chi connectivity index (χ0v) is 24.4. The van der Waals surface area contributed by atoms with Crippen molar-refractivity contribution in [2.45, 2.75) is 17.7 Å². The van der Waals surface area contributed by atoms with Crippen LogP contribution in [0.3, 0.4) is 0 Å². The number of carbonyl (C=O) groups is 1. The van der Waals surface area contributed by atoms with Gasteiger partial charge in [-0.05, 0) is 93.5 Å². The first-order valence-electron chi connectivity index (χ1n) is 13.4. The molecule has 14 heteroatoms. The predicted molar refractivity (Wildman–Crippen MR) is 159 cm³/mol. The number of ether oxygens (including phenoxy) is 1. The summed E-state index contributed by atoms with van der Waals surface area (Å²) in [6.45, 7) is 2.25. The van der Waals surface area contributed by atoms with Gasteiger partial charge < -0.3 is 20.1 Å². The van der Waals surface area contributed by atoms with Crippen LogP contribution in [0.25, 0.3) is 11.3 Å². The first kappa shape index (κ1) is 32.2. The molecule has 4 aromatic rings. The van der Waals surface area contributed by atoms with Gasteiger partial charge in [0.1, 0.15) is 23.8 Å². The molecule has 1 aliphatic rings. The molecule has 1 aromatic heterocycles. The van der Waals surface area contributed by atoms with E-state index in [9.17, 15) is 21.6 Å². The van der Waals surface area contributed by atoms with E-state index in [4.69, 9.17) is 14.6 Å². The molecule has 0 spiro atoms. The summed E-state index contributed by atoms with van der Waals surface area (Å²) in [5.41, 5.74) is 1.69. The number of sulfonamides is 1. The zero-order chi connectivity index (χ0) is 31.7. The van der Waals surface area contributed by atoms with Gasteiger partial charge in [0.2, 0.25) is 0 Å². The average Bonchev–Trinajstić information content (AvgIpc) is 2.98. The minimum atomic E-state index is -4.48. The number of anilines is 3. The molecule has 1 aliphatic heterocycles. The number of likely N-dealkylation sites (tertiary alicyclic amines) is 1. The summed E-state index contributed by atoms with van der Waals surface area (Å²) in [6.07, 6.45) is 3.39. The predicted octanol–water partition coefficient (Wildman–Crippen LogP) is 5.53. The summed E-state index contributed by atoms with van der Waals surface area (Å²) in [6, 6.07) is 15.2. The number of aromatic nitrogens is 2. The lowest BCUT2D eigenvalue weighted by Crippen LogP contribution is -2.32. The molecule has 3 N–H and O–H groups in total. The normalized spacial score (nSPS) is 13.8. The van der Waals surface area contributed by atoms with E-state index in [2.05, 4.69) is 32.0 Å². The number of hydrogen-bond acceptors (Lipinski definition) is 8. The molecule has 2 heterocycles. The fraction of sp³-hybridized carbons (Fsp3) is 0.233. The van der Waals surface area contributed by atoms with Crippen molar-refractivity contribution in [2.75, 3.05) is 36.8 Å². The first-order chi connectivity index (χ1) is 21.1. The van der Waals surface area contributed by atoms with Gasteiger partial charge in [-0.25, -0.2) is 31.6 Å². The van der Waals surface area contributed by atoms with Crippen LogP contribution in [-0.4, -0.2) is 61.6 Å². The number of nitrogens with zero attached hydrogens (tertiary/aromatic N) is 3. The standard InChI is InChI=1S/C29H28F3N5O3S.CH2O2/c1-37-13-11-19(12-14-37)17-40-27-10-5-20(15-25(27)32)26-16-28(34-18-33-26)35-21-6-8-22(9-7-21)36-41(38,39)29-23(30)3-2-4-24(29)31;2-1-3/h2-10,15-16,18-19,36H,11-14,17H2,1H3,(H,33,34,35);1H,(H,2,3). The third kappa shape index (κ3) is 8.45.